The van der Waals surface area contributed by atoms with Crippen molar-refractivity contribution in [1.82, 2.24) is 0 Å². The Bertz CT molecular complexity index is 907. The zero-order chi connectivity index (χ0) is 17.4. The van der Waals surface area contributed by atoms with Crippen molar-refractivity contribution in [1.29, 1.82) is 0 Å². The van der Waals surface area contributed by atoms with Gasteiger partial charge in [0.05, 0.1) is 11.3 Å². The summed E-state index contributed by atoms with van der Waals surface area (Å²) in [5, 5.41) is 0.642. The molecule has 0 aliphatic carbocycles. The van der Waals surface area contributed by atoms with E-state index in [4.69, 9.17) is 4.42 Å². The molecule has 1 aromatic heterocycles. The molecule has 0 unspecified atom stereocenters. The van der Waals surface area contributed by atoms with Gasteiger partial charge in [0.15, 0.2) is 6.29 Å². The van der Waals surface area contributed by atoms with Crippen LogP contribution in [0.25, 0.3) is 22.3 Å². The highest BCUT2D eigenvalue weighted by Crippen LogP contribution is 2.38. The summed E-state index contributed by atoms with van der Waals surface area (Å²) in [7, 11) is 1.77. The van der Waals surface area contributed by atoms with Crippen LogP contribution in [0.4, 0.5) is 14.5 Å². The van der Waals surface area contributed by atoms with Gasteiger partial charge in [-0.25, -0.2) is 8.78 Å². The highest BCUT2D eigenvalue weighted by molar-refractivity contribution is 9.10. The molecule has 0 fully saturated rings. The fourth-order valence-corrected chi connectivity index (χ4v) is 3.40. The predicted octanol–water partition coefficient (Wildman–Crippen LogP) is 5.89. The molecule has 0 N–H and O–H groups in total. The Morgan fingerprint density at radius 1 is 1.25 bits per heavy atom. The summed E-state index contributed by atoms with van der Waals surface area (Å²) in [6.07, 6.45) is -1.83. The molecule has 7 heteroatoms. The van der Waals surface area contributed by atoms with Crippen molar-refractivity contribution >= 4 is 51.7 Å². The van der Waals surface area contributed by atoms with E-state index in [-0.39, 0.29) is 5.56 Å². The smallest absolute Gasteiger partial charge is 0.263 e. The summed E-state index contributed by atoms with van der Waals surface area (Å²) in [4.78, 5) is 11.6. The van der Waals surface area contributed by atoms with Crippen molar-refractivity contribution in [3.63, 3.8) is 0 Å². The summed E-state index contributed by atoms with van der Waals surface area (Å²) in [6.45, 7) is 0. The maximum absolute atomic E-state index is 12.7. The van der Waals surface area contributed by atoms with Crippen molar-refractivity contribution in [2.75, 3.05) is 11.4 Å². The van der Waals surface area contributed by atoms with E-state index >= 15 is 0 Å². The number of nitrogens with zero attached hydrogens (tertiary/aromatic N) is 1. The number of aldehydes is 1. The first kappa shape index (κ1) is 17.0. The molecule has 0 spiro atoms. The number of fused-ring (bicyclic) bond motifs is 1. The zero-order valence-corrected chi connectivity index (χ0v) is 14.9. The van der Waals surface area contributed by atoms with Crippen LogP contribution in [0.15, 0.2) is 45.3 Å². The first-order valence-electron chi connectivity index (χ1n) is 6.94. The molecule has 3 aromatic rings. The second kappa shape index (κ2) is 6.57. The number of hydrogen-bond acceptors (Lipinski definition) is 4. The number of furan rings is 1. The highest BCUT2D eigenvalue weighted by atomic mass is 79.9. The minimum Gasteiger partial charge on any atom is -0.455 e. The average Bonchev–Trinajstić information content (AvgIpc) is 2.91. The number of thiol groups is 1. The summed E-state index contributed by atoms with van der Waals surface area (Å²) in [6, 6.07) is 9.23. The van der Waals surface area contributed by atoms with Gasteiger partial charge < -0.3 is 8.72 Å². The normalized spacial score (nSPS) is 11.2. The number of carbonyl (C=O) groups is 1. The van der Waals surface area contributed by atoms with Gasteiger partial charge in [-0.2, -0.15) is 0 Å². The van der Waals surface area contributed by atoms with Gasteiger partial charge in [-0.1, -0.05) is 37.1 Å². The molecule has 0 saturated heterocycles. The lowest BCUT2D eigenvalue weighted by Crippen LogP contribution is -2.01. The summed E-state index contributed by atoms with van der Waals surface area (Å²) in [5.41, 5.74) is 2.16. The maximum atomic E-state index is 12.7. The lowest BCUT2D eigenvalue weighted by molar-refractivity contribution is 0.112. The van der Waals surface area contributed by atoms with E-state index < -0.39 is 6.43 Å². The number of halogens is 3. The molecular weight excluding hydrogens is 400 g/mol. The van der Waals surface area contributed by atoms with Gasteiger partial charge in [-0.15, -0.1) is 0 Å². The van der Waals surface area contributed by atoms with E-state index in [2.05, 4.69) is 28.7 Å². The molecule has 0 aliphatic rings. The maximum Gasteiger partial charge on any atom is 0.263 e. The van der Waals surface area contributed by atoms with Crippen LogP contribution in [0.5, 0.6) is 0 Å². The molecule has 0 aliphatic heterocycles. The third kappa shape index (κ3) is 2.93. The van der Waals surface area contributed by atoms with Crippen molar-refractivity contribution < 1.29 is 18.0 Å². The second-order valence-corrected chi connectivity index (χ2v) is 6.66. The van der Waals surface area contributed by atoms with E-state index in [0.29, 0.717) is 34.1 Å². The third-order valence-electron chi connectivity index (χ3n) is 3.69. The lowest BCUT2D eigenvalue weighted by atomic mass is 10.0. The second-order valence-electron chi connectivity index (χ2n) is 5.21. The van der Waals surface area contributed by atoms with Crippen molar-refractivity contribution in [3.8, 4) is 11.3 Å². The van der Waals surface area contributed by atoms with Gasteiger partial charge in [0.25, 0.3) is 6.43 Å². The zero-order valence-electron chi connectivity index (χ0n) is 12.5. The largest absolute Gasteiger partial charge is 0.455 e. The van der Waals surface area contributed by atoms with Gasteiger partial charge in [0, 0.05) is 34.1 Å². The molecule has 24 heavy (non-hydrogen) atoms. The molecule has 0 saturated carbocycles. The Labute approximate surface area is 150 Å². The highest BCUT2D eigenvalue weighted by Gasteiger charge is 2.18. The number of anilines is 1. The SMILES string of the molecule is CN(S)c1cc2oc(-c3ccc(C(F)F)cc3)c(C=O)c2cc1Br. The first-order valence-corrected chi connectivity index (χ1v) is 8.14. The quantitative estimate of drug-likeness (QED) is 0.428. The van der Waals surface area contributed by atoms with E-state index in [9.17, 15) is 13.6 Å². The van der Waals surface area contributed by atoms with Crippen LogP contribution in [0.1, 0.15) is 22.3 Å². The molecule has 0 radical (unpaired) electrons. The molecule has 124 valence electrons. The Balaban J connectivity index is 2.19. The molecule has 0 atom stereocenters. The van der Waals surface area contributed by atoms with Gasteiger partial charge in [-0.3, -0.25) is 4.79 Å². The minimum absolute atomic E-state index is 0.0794. The van der Waals surface area contributed by atoms with Gasteiger partial charge in [0.2, 0.25) is 0 Å². The Hall–Kier alpha value is -1.86. The fourth-order valence-electron chi connectivity index (χ4n) is 2.48. The fraction of sp³-hybridized carbons (Fsp3) is 0.118. The minimum atomic E-state index is -2.54. The summed E-state index contributed by atoms with van der Waals surface area (Å²) >= 11 is 7.70. The van der Waals surface area contributed by atoms with E-state index in [0.717, 1.165) is 10.2 Å². The van der Waals surface area contributed by atoms with Crippen LogP contribution >= 0.6 is 28.7 Å². The molecular formula is C17H12BrF2NO2S. The van der Waals surface area contributed by atoms with E-state index in [1.165, 1.54) is 24.3 Å². The summed E-state index contributed by atoms with van der Waals surface area (Å²) < 4.78 is 33.6. The number of benzene rings is 2. The standard InChI is InChI=1S/C17H12BrF2NO2S/c1-21(24)14-7-15-11(6-13(14)18)12(8-22)16(23-15)9-2-4-10(5-3-9)17(19)20/h2-8,17,24H,1H3. The van der Waals surface area contributed by atoms with Crippen LogP contribution in [-0.2, 0) is 0 Å². The monoisotopic (exact) mass is 411 g/mol. The summed E-state index contributed by atoms with van der Waals surface area (Å²) in [5.74, 6) is 0.353. The molecule has 0 amide bonds. The Kier molecular flexibility index (Phi) is 4.64. The van der Waals surface area contributed by atoms with Crippen molar-refractivity contribution in [2.45, 2.75) is 6.43 Å². The number of carbonyl (C=O) groups excluding carboxylic acids is 1. The van der Waals surface area contributed by atoms with Crippen LogP contribution in [0.2, 0.25) is 0 Å². The van der Waals surface area contributed by atoms with E-state index in [1.54, 1.807) is 23.5 Å². The molecule has 3 nitrogen and oxygen atoms in total. The molecule has 2 aromatic carbocycles. The average molecular weight is 412 g/mol. The Morgan fingerprint density at radius 2 is 1.92 bits per heavy atom. The Morgan fingerprint density at radius 3 is 2.46 bits per heavy atom. The lowest BCUT2D eigenvalue weighted by Gasteiger charge is -2.12. The van der Waals surface area contributed by atoms with Crippen LogP contribution in [-0.4, -0.2) is 13.3 Å². The first-order chi connectivity index (χ1) is 11.4. The number of alkyl halides is 2. The van der Waals surface area contributed by atoms with Crippen molar-refractivity contribution in [3.05, 3.63) is 52.0 Å². The van der Waals surface area contributed by atoms with Crippen LogP contribution in [0, 0.1) is 0 Å². The van der Waals surface area contributed by atoms with Gasteiger partial charge >= 0.3 is 0 Å². The number of rotatable bonds is 4. The molecule has 1 heterocycles. The molecule has 0 bridgehead atoms. The molecule has 3 rings (SSSR count). The van der Waals surface area contributed by atoms with Crippen LogP contribution in [0.3, 0.4) is 0 Å². The van der Waals surface area contributed by atoms with Crippen LogP contribution < -0.4 is 4.31 Å². The third-order valence-corrected chi connectivity index (χ3v) is 4.54. The predicted molar refractivity (Wildman–Crippen MR) is 97.1 cm³/mol. The van der Waals surface area contributed by atoms with Gasteiger partial charge in [-0.05, 0) is 22.0 Å². The van der Waals surface area contributed by atoms with Crippen molar-refractivity contribution in [2.24, 2.45) is 0 Å². The topological polar surface area (TPSA) is 33.5 Å². The number of hydrogen-bond donors (Lipinski definition) is 1. The van der Waals surface area contributed by atoms with Gasteiger partial charge in [0.1, 0.15) is 11.3 Å². The van der Waals surface area contributed by atoms with E-state index in [1.807, 2.05) is 0 Å².